The number of nitrogens with zero attached hydrogens (tertiary/aromatic N) is 2. The summed E-state index contributed by atoms with van der Waals surface area (Å²) in [5.41, 5.74) is 2.65. The molecule has 1 aromatic carbocycles. The quantitative estimate of drug-likeness (QED) is 0.850. The molecule has 4 heteroatoms. The van der Waals surface area contributed by atoms with Crippen LogP contribution in [0.2, 0.25) is 0 Å². The van der Waals surface area contributed by atoms with Gasteiger partial charge in [0, 0.05) is 31.8 Å². The zero-order valence-electron chi connectivity index (χ0n) is 12.6. The Bertz CT molecular complexity index is 560. The maximum absolute atomic E-state index is 5.37. The van der Waals surface area contributed by atoms with Crippen LogP contribution in [0.25, 0.3) is 5.69 Å². The van der Waals surface area contributed by atoms with Crippen molar-refractivity contribution < 1.29 is 4.74 Å². The van der Waals surface area contributed by atoms with Gasteiger partial charge in [0.25, 0.3) is 0 Å². The van der Waals surface area contributed by atoms with E-state index in [1.54, 1.807) is 7.11 Å². The molecular weight excluding hydrogens is 262 g/mol. The van der Waals surface area contributed by atoms with E-state index < -0.39 is 0 Å². The monoisotopic (exact) mass is 285 g/mol. The molecule has 1 aliphatic rings. The van der Waals surface area contributed by atoms with Crippen molar-refractivity contribution >= 4 is 0 Å². The molecule has 1 saturated carbocycles. The number of para-hydroxylation sites is 1. The number of rotatable bonds is 7. The van der Waals surface area contributed by atoms with Gasteiger partial charge in [0.15, 0.2) is 0 Å². The molecule has 3 rings (SSSR count). The largest absolute Gasteiger partial charge is 0.384 e. The molecule has 0 bridgehead atoms. The Balaban J connectivity index is 1.60. The minimum atomic E-state index is 0.354. The molecule has 0 unspecified atom stereocenters. The highest BCUT2D eigenvalue weighted by Crippen LogP contribution is 2.40. The average molecular weight is 285 g/mol. The molecular formula is C17H23N3O. The summed E-state index contributed by atoms with van der Waals surface area (Å²) < 4.78 is 7.37. The van der Waals surface area contributed by atoms with Crippen LogP contribution in [0.1, 0.15) is 25.0 Å². The van der Waals surface area contributed by atoms with Gasteiger partial charge in [-0.25, -0.2) is 4.68 Å². The van der Waals surface area contributed by atoms with Gasteiger partial charge in [0.2, 0.25) is 0 Å². The molecule has 0 amide bonds. The maximum atomic E-state index is 5.37. The highest BCUT2D eigenvalue weighted by molar-refractivity contribution is 5.32. The van der Waals surface area contributed by atoms with Crippen LogP contribution in [0.15, 0.2) is 42.6 Å². The topological polar surface area (TPSA) is 39.1 Å². The zero-order valence-corrected chi connectivity index (χ0v) is 12.6. The third-order valence-corrected chi connectivity index (χ3v) is 4.39. The summed E-state index contributed by atoms with van der Waals surface area (Å²) in [6, 6.07) is 12.3. The van der Waals surface area contributed by atoms with Crippen LogP contribution in [0.5, 0.6) is 0 Å². The van der Waals surface area contributed by atoms with E-state index in [2.05, 4.69) is 28.6 Å². The van der Waals surface area contributed by atoms with Gasteiger partial charge in [0.05, 0.1) is 18.0 Å². The molecule has 1 fully saturated rings. The van der Waals surface area contributed by atoms with Crippen molar-refractivity contribution in [2.24, 2.45) is 5.41 Å². The summed E-state index contributed by atoms with van der Waals surface area (Å²) >= 11 is 0. The van der Waals surface area contributed by atoms with Gasteiger partial charge in [-0.05, 0) is 31.0 Å². The number of aromatic nitrogens is 2. The Morgan fingerprint density at radius 2 is 2.05 bits per heavy atom. The maximum Gasteiger partial charge on any atom is 0.0649 e. The van der Waals surface area contributed by atoms with Crippen LogP contribution in [-0.2, 0) is 11.3 Å². The molecule has 1 aliphatic carbocycles. The molecule has 2 aromatic rings. The SMILES string of the molecule is COCC1(CNCc2ccnn2-c2ccccc2)CCC1. The Morgan fingerprint density at radius 3 is 2.71 bits per heavy atom. The van der Waals surface area contributed by atoms with Crippen molar-refractivity contribution in [3.63, 3.8) is 0 Å². The van der Waals surface area contributed by atoms with Gasteiger partial charge in [-0.2, -0.15) is 5.10 Å². The van der Waals surface area contributed by atoms with Crippen LogP contribution in [0, 0.1) is 5.41 Å². The van der Waals surface area contributed by atoms with E-state index in [0.29, 0.717) is 5.41 Å². The second-order valence-corrected chi connectivity index (χ2v) is 5.96. The van der Waals surface area contributed by atoms with Gasteiger partial charge in [-0.3, -0.25) is 0 Å². The first kappa shape index (κ1) is 14.3. The number of nitrogens with one attached hydrogen (secondary N) is 1. The molecule has 0 saturated heterocycles. The van der Waals surface area contributed by atoms with E-state index in [9.17, 15) is 0 Å². The van der Waals surface area contributed by atoms with E-state index in [1.807, 2.05) is 29.1 Å². The summed E-state index contributed by atoms with van der Waals surface area (Å²) in [7, 11) is 1.80. The van der Waals surface area contributed by atoms with Crippen molar-refractivity contribution in [3.05, 3.63) is 48.3 Å². The van der Waals surface area contributed by atoms with Gasteiger partial charge >= 0.3 is 0 Å². The standard InChI is InChI=1S/C17H23N3O/c1-21-14-17(9-5-10-17)13-18-12-16-8-11-19-20(16)15-6-3-2-4-7-15/h2-4,6-8,11,18H,5,9-10,12-14H2,1H3. The molecule has 1 aromatic heterocycles. The lowest BCUT2D eigenvalue weighted by Crippen LogP contribution is -2.43. The molecule has 1 heterocycles. The molecule has 1 N–H and O–H groups in total. The van der Waals surface area contributed by atoms with E-state index >= 15 is 0 Å². The van der Waals surface area contributed by atoms with Crippen LogP contribution >= 0.6 is 0 Å². The lowest BCUT2D eigenvalue weighted by atomic mass is 9.69. The van der Waals surface area contributed by atoms with E-state index in [1.165, 1.54) is 25.0 Å². The van der Waals surface area contributed by atoms with E-state index in [-0.39, 0.29) is 0 Å². The summed E-state index contributed by atoms with van der Waals surface area (Å²) in [5, 5.41) is 8.01. The fraction of sp³-hybridized carbons (Fsp3) is 0.471. The molecule has 0 radical (unpaired) electrons. The van der Waals surface area contributed by atoms with Crippen molar-refractivity contribution in [2.75, 3.05) is 20.3 Å². The number of ether oxygens (including phenoxy) is 1. The number of methoxy groups -OCH3 is 1. The predicted molar refractivity (Wildman–Crippen MR) is 83.4 cm³/mol. The van der Waals surface area contributed by atoms with Crippen LogP contribution in [-0.4, -0.2) is 30.0 Å². The average Bonchev–Trinajstić information content (AvgIpc) is 2.94. The van der Waals surface area contributed by atoms with Crippen molar-refractivity contribution in [2.45, 2.75) is 25.8 Å². The lowest BCUT2D eigenvalue weighted by Gasteiger charge is -2.41. The Labute approximate surface area is 126 Å². The Kier molecular flexibility index (Phi) is 4.36. The number of benzene rings is 1. The van der Waals surface area contributed by atoms with Gasteiger partial charge in [-0.1, -0.05) is 24.6 Å². The van der Waals surface area contributed by atoms with Gasteiger partial charge < -0.3 is 10.1 Å². The molecule has 0 spiro atoms. The first-order chi connectivity index (χ1) is 10.3. The third kappa shape index (κ3) is 3.17. The van der Waals surface area contributed by atoms with Gasteiger partial charge in [0.1, 0.15) is 0 Å². The third-order valence-electron chi connectivity index (χ3n) is 4.39. The minimum Gasteiger partial charge on any atom is -0.384 e. The van der Waals surface area contributed by atoms with Crippen LogP contribution in [0.4, 0.5) is 0 Å². The van der Waals surface area contributed by atoms with Crippen molar-refractivity contribution in [3.8, 4) is 5.69 Å². The second kappa shape index (κ2) is 6.41. The summed E-state index contributed by atoms with van der Waals surface area (Å²) in [6.45, 7) is 2.71. The first-order valence-electron chi connectivity index (χ1n) is 7.61. The highest BCUT2D eigenvalue weighted by atomic mass is 16.5. The molecule has 4 nitrogen and oxygen atoms in total. The number of hydrogen-bond donors (Lipinski definition) is 1. The predicted octanol–water partition coefficient (Wildman–Crippen LogP) is 2.78. The summed E-state index contributed by atoms with van der Waals surface area (Å²) in [4.78, 5) is 0. The smallest absolute Gasteiger partial charge is 0.0649 e. The van der Waals surface area contributed by atoms with Crippen molar-refractivity contribution in [1.29, 1.82) is 0 Å². The molecule has 0 aliphatic heterocycles. The Hall–Kier alpha value is -1.65. The normalized spacial score (nSPS) is 16.6. The van der Waals surface area contributed by atoms with Crippen LogP contribution < -0.4 is 5.32 Å². The molecule has 0 atom stereocenters. The first-order valence-corrected chi connectivity index (χ1v) is 7.61. The van der Waals surface area contributed by atoms with E-state index in [0.717, 1.165) is 25.4 Å². The zero-order chi connectivity index (χ0) is 14.5. The fourth-order valence-corrected chi connectivity index (χ4v) is 3.08. The summed E-state index contributed by atoms with van der Waals surface area (Å²) in [5.74, 6) is 0. The van der Waals surface area contributed by atoms with Crippen molar-refractivity contribution in [1.82, 2.24) is 15.1 Å². The molecule has 21 heavy (non-hydrogen) atoms. The molecule has 112 valence electrons. The van der Waals surface area contributed by atoms with Crippen LogP contribution in [0.3, 0.4) is 0 Å². The Morgan fingerprint density at radius 1 is 1.24 bits per heavy atom. The second-order valence-electron chi connectivity index (χ2n) is 5.96. The minimum absolute atomic E-state index is 0.354. The van der Waals surface area contributed by atoms with E-state index in [4.69, 9.17) is 4.74 Å². The fourth-order valence-electron chi connectivity index (χ4n) is 3.08. The highest BCUT2D eigenvalue weighted by Gasteiger charge is 2.36. The summed E-state index contributed by atoms with van der Waals surface area (Å²) in [6.07, 6.45) is 5.73. The van der Waals surface area contributed by atoms with Gasteiger partial charge in [-0.15, -0.1) is 0 Å². The lowest BCUT2D eigenvalue weighted by molar-refractivity contribution is 0.0176. The number of hydrogen-bond acceptors (Lipinski definition) is 3.